The number of hydrogen-bond acceptors (Lipinski definition) is 0. The third-order valence-corrected chi connectivity index (χ3v) is 1.78. The Labute approximate surface area is 63.6 Å². The molecule has 0 aliphatic rings. The van der Waals surface area contributed by atoms with Crippen LogP contribution in [-0.2, 0) is 0 Å². The number of halogens is 1. The molecule has 0 fully saturated rings. The van der Waals surface area contributed by atoms with Crippen molar-refractivity contribution in [1.82, 2.24) is 4.98 Å². The molecule has 1 rings (SSSR count). The molecule has 1 unspecified atom stereocenters. The number of aromatic amines is 1. The summed E-state index contributed by atoms with van der Waals surface area (Å²) >= 11 is 3.46. The van der Waals surface area contributed by atoms with Crippen molar-refractivity contribution in [3.05, 3.63) is 23.5 Å². The van der Waals surface area contributed by atoms with Crippen molar-refractivity contribution in [1.29, 1.82) is 0 Å². The molecule has 0 spiro atoms. The molecule has 2 heteroatoms. The molecule has 1 nitrogen and oxygen atoms in total. The van der Waals surface area contributed by atoms with Crippen LogP contribution in [0.5, 0.6) is 0 Å². The molecule has 1 N–H and O–H groups in total. The van der Waals surface area contributed by atoms with E-state index in [0.29, 0.717) is 4.83 Å². The van der Waals surface area contributed by atoms with Crippen molar-refractivity contribution < 1.29 is 0 Å². The minimum atomic E-state index is 0.436. The highest BCUT2D eigenvalue weighted by molar-refractivity contribution is 9.09. The number of aromatic nitrogens is 1. The summed E-state index contributed by atoms with van der Waals surface area (Å²) in [4.78, 5) is 3.66. The molecule has 0 saturated heterocycles. The Morgan fingerprint density at radius 1 is 1.56 bits per heavy atom. The second kappa shape index (κ2) is 2.56. The summed E-state index contributed by atoms with van der Waals surface area (Å²) in [5, 5.41) is 0. The van der Waals surface area contributed by atoms with Gasteiger partial charge in [0.1, 0.15) is 0 Å². The van der Waals surface area contributed by atoms with E-state index in [9.17, 15) is 0 Å². The molecule has 0 saturated carbocycles. The second-order valence-electron chi connectivity index (χ2n) is 2.21. The van der Waals surface area contributed by atoms with Gasteiger partial charge in [-0.05, 0) is 26.0 Å². The first-order chi connectivity index (χ1) is 4.20. The Hall–Kier alpha value is -0.240. The van der Waals surface area contributed by atoms with E-state index >= 15 is 0 Å². The molecule has 1 aromatic rings. The maximum absolute atomic E-state index is 3.46. The van der Waals surface area contributed by atoms with Gasteiger partial charge in [0, 0.05) is 11.4 Å². The number of alkyl halides is 1. The first-order valence-corrected chi connectivity index (χ1v) is 3.91. The predicted molar refractivity (Wildman–Crippen MR) is 42.9 cm³/mol. The minimum absolute atomic E-state index is 0.436. The van der Waals surface area contributed by atoms with Gasteiger partial charge in [0.05, 0.1) is 4.83 Å². The Balaban J connectivity index is 2.85. The lowest BCUT2D eigenvalue weighted by Crippen LogP contribution is -1.81. The maximum Gasteiger partial charge on any atom is 0.0517 e. The summed E-state index contributed by atoms with van der Waals surface area (Å²) in [5.41, 5.74) is 2.46. The molecule has 1 atom stereocenters. The lowest BCUT2D eigenvalue weighted by atomic mass is 10.3. The maximum atomic E-state index is 3.46. The molecule has 1 heterocycles. The number of H-pyrrole nitrogens is 1. The second-order valence-corrected chi connectivity index (χ2v) is 3.59. The topological polar surface area (TPSA) is 15.8 Å². The zero-order valence-electron chi connectivity index (χ0n) is 5.61. The lowest BCUT2D eigenvalue weighted by Gasteiger charge is -1.96. The molecule has 1 aromatic heterocycles. The normalized spacial score (nSPS) is 13.7. The average Bonchev–Trinajstić information content (AvgIpc) is 2.14. The highest BCUT2D eigenvalue weighted by atomic mass is 79.9. The smallest absolute Gasteiger partial charge is 0.0517 e. The molecule has 0 aromatic carbocycles. The fraction of sp³-hybridized carbons (Fsp3) is 0.429. The van der Waals surface area contributed by atoms with Crippen molar-refractivity contribution in [3.8, 4) is 0 Å². The van der Waals surface area contributed by atoms with Crippen LogP contribution in [0.3, 0.4) is 0 Å². The summed E-state index contributed by atoms with van der Waals surface area (Å²) in [6.07, 6.45) is 0. The quantitative estimate of drug-likeness (QED) is 0.652. The summed E-state index contributed by atoms with van der Waals surface area (Å²) in [7, 11) is 0. The van der Waals surface area contributed by atoms with Gasteiger partial charge >= 0.3 is 0 Å². The van der Waals surface area contributed by atoms with Gasteiger partial charge in [0.2, 0.25) is 0 Å². The van der Waals surface area contributed by atoms with Crippen molar-refractivity contribution in [2.75, 3.05) is 0 Å². The molecule has 0 bridgehead atoms. The Morgan fingerprint density at radius 3 is 2.44 bits per heavy atom. The molecule has 0 aliphatic carbocycles. The van der Waals surface area contributed by atoms with E-state index in [4.69, 9.17) is 0 Å². The van der Waals surface area contributed by atoms with Crippen LogP contribution >= 0.6 is 15.9 Å². The number of nitrogens with one attached hydrogen (secondary N) is 1. The van der Waals surface area contributed by atoms with Gasteiger partial charge in [-0.3, -0.25) is 0 Å². The van der Waals surface area contributed by atoms with Crippen LogP contribution in [0.15, 0.2) is 12.1 Å². The number of aryl methyl sites for hydroxylation is 1. The minimum Gasteiger partial charge on any atom is -0.362 e. The van der Waals surface area contributed by atoms with Crippen LogP contribution in [0.4, 0.5) is 0 Å². The van der Waals surface area contributed by atoms with Gasteiger partial charge in [-0.15, -0.1) is 0 Å². The average molecular weight is 188 g/mol. The van der Waals surface area contributed by atoms with Crippen molar-refractivity contribution >= 4 is 15.9 Å². The van der Waals surface area contributed by atoms with Crippen molar-refractivity contribution in [2.24, 2.45) is 0 Å². The van der Waals surface area contributed by atoms with E-state index in [1.54, 1.807) is 0 Å². The fourth-order valence-electron chi connectivity index (χ4n) is 0.758. The molecular formula is C7H10BrN. The van der Waals surface area contributed by atoms with E-state index in [-0.39, 0.29) is 0 Å². The summed E-state index contributed by atoms with van der Waals surface area (Å²) in [6.45, 7) is 4.16. The Bertz CT molecular complexity index is 191. The van der Waals surface area contributed by atoms with Crippen molar-refractivity contribution in [3.63, 3.8) is 0 Å². The van der Waals surface area contributed by atoms with Gasteiger partial charge in [-0.1, -0.05) is 15.9 Å². The van der Waals surface area contributed by atoms with Crippen LogP contribution in [0.2, 0.25) is 0 Å². The Kier molecular flexibility index (Phi) is 1.96. The van der Waals surface area contributed by atoms with E-state index in [1.165, 1.54) is 11.4 Å². The number of hydrogen-bond donors (Lipinski definition) is 1. The number of rotatable bonds is 1. The van der Waals surface area contributed by atoms with Gasteiger partial charge in [0.15, 0.2) is 0 Å². The van der Waals surface area contributed by atoms with Crippen LogP contribution in [-0.4, -0.2) is 4.98 Å². The largest absolute Gasteiger partial charge is 0.362 e. The van der Waals surface area contributed by atoms with Gasteiger partial charge < -0.3 is 4.98 Å². The first kappa shape index (κ1) is 6.87. The van der Waals surface area contributed by atoms with Crippen molar-refractivity contribution in [2.45, 2.75) is 18.7 Å². The van der Waals surface area contributed by atoms with Crippen LogP contribution < -0.4 is 0 Å². The van der Waals surface area contributed by atoms with Gasteiger partial charge in [-0.25, -0.2) is 0 Å². The van der Waals surface area contributed by atoms with E-state index in [1.807, 2.05) is 0 Å². The van der Waals surface area contributed by atoms with Gasteiger partial charge in [-0.2, -0.15) is 0 Å². The molecule has 0 radical (unpaired) electrons. The summed E-state index contributed by atoms with van der Waals surface area (Å²) in [5.74, 6) is 0. The summed E-state index contributed by atoms with van der Waals surface area (Å²) < 4.78 is 0. The molecule has 0 amide bonds. The third kappa shape index (κ3) is 1.58. The highest BCUT2D eigenvalue weighted by Crippen LogP contribution is 2.19. The van der Waals surface area contributed by atoms with E-state index in [2.05, 4.69) is 46.9 Å². The predicted octanol–water partition coefficient (Wildman–Crippen LogP) is 2.78. The monoisotopic (exact) mass is 187 g/mol. The zero-order chi connectivity index (χ0) is 6.85. The van der Waals surface area contributed by atoms with E-state index in [0.717, 1.165) is 0 Å². The van der Waals surface area contributed by atoms with Gasteiger partial charge in [0.25, 0.3) is 0 Å². The summed E-state index contributed by atoms with van der Waals surface area (Å²) in [6, 6.07) is 4.17. The molecule has 9 heavy (non-hydrogen) atoms. The van der Waals surface area contributed by atoms with Crippen LogP contribution in [0, 0.1) is 6.92 Å². The van der Waals surface area contributed by atoms with E-state index < -0.39 is 0 Å². The zero-order valence-corrected chi connectivity index (χ0v) is 7.20. The highest BCUT2D eigenvalue weighted by Gasteiger charge is 1.99. The Morgan fingerprint density at radius 2 is 2.22 bits per heavy atom. The molecule has 50 valence electrons. The standard InChI is InChI=1S/C7H10BrN/c1-5-3-4-7(9-5)6(2)8/h3-4,6,9H,1-2H3. The van der Waals surface area contributed by atoms with Crippen LogP contribution in [0.25, 0.3) is 0 Å². The lowest BCUT2D eigenvalue weighted by molar-refractivity contribution is 1.03. The first-order valence-electron chi connectivity index (χ1n) is 2.99. The molecular weight excluding hydrogens is 178 g/mol. The fourth-order valence-corrected chi connectivity index (χ4v) is 1.02. The SMILES string of the molecule is Cc1ccc(C(C)Br)[nH]1. The third-order valence-electron chi connectivity index (χ3n) is 1.28. The van der Waals surface area contributed by atoms with Crippen LogP contribution in [0.1, 0.15) is 23.1 Å². The molecule has 0 aliphatic heterocycles.